The predicted molar refractivity (Wildman–Crippen MR) is 113 cm³/mol. The van der Waals surface area contributed by atoms with Crippen molar-refractivity contribution in [3.05, 3.63) is 30.1 Å². The van der Waals surface area contributed by atoms with Crippen LogP contribution in [-0.2, 0) is 16.1 Å². The van der Waals surface area contributed by atoms with Gasteiger partial charge in [-0.05, 0) is 31.9 Å². The van der Waals surface area contributed by atoms with Crippen molar-refractivity contribution in [3.8, 4) is 0 Å². The number of rotatable bonds is 5. The summed E-state index contributed by atoms with van der Waals surface area (Å²) in [5.41, 5.74) is 2.07. The van der Waals surface area contributed by atoms with Crippen LogP contribution in [-0.4, -0.2) is 93.1 Å². The molecule has 4 rings (SSSR count). The maximum Gasteiger partial charge on any atom is 0.222 e. The molecule has 2 aliphatic heterocycles. The molecule has 2 saturated heterocycles. The Morgan fingerprint density at radius 1 is 1.20 bits per heavy atom. The van der Waals surface area contributed by atoms with Gasteiger partial charge >= 0.3 is 0 Å². The highest BCUT2D eigenvalue weighted by molar-refractivity contribution is 5.77. The molecule has 0 bridgehead atoms. The minimum absolute atomic E-state index is 0.0802. The highest BCUT2D eigenvalue weighted by Crippen LogP contribution is 2.20. The molecule has 1 amide bonds. The zero-order valence-corrected chi connectivity index (χ0v) is 17.6. The number of aryl methyl sites for hydroxylation is 2. The van der Waals surface area contributed by atoms with E-state index in [-0.39, 0.29) is 11.9 Å². The van der Waals surface area contributed by atoms with Crippen LogP contribution in [0.1, 0.15) is 25.1 Å². The molecule has 0 unspecified atom stereocenters. The van der Waals surface area contributed by atoms with Crippen molar-refractivity contribution in [2.75, 3.05) is 39.4 Å². The normalized spacial score (nSPS) is 26.1. The third kappa shape index (κ3) is 4.51. The number of imidazole rings is 1. The lowest BCUT2D eigenvalue weighted by molar-refractivity contribution is -0.132. The van der Waals surface area contributed by atoms with Crippen LogP contribution in [0.2, 0.25) is 0 Å². The van der Waals surface area contributed by atoms with Crippen molar-refractivity contribution in [1.29, 1.82) is 0 Å². The number of amides is 1. The van der Waals surface area contributed by atoms with E-state index in [0.717, 1.165) is 29.8 Å². The summed E-state index contributed by atoms with van der Waals surface area (Å²) in [4.78, 5) is 21.5. The van der Waals surface area contributed by atoms with Gasteiger partial charge < -0.3 is 24.4 Å². The quantitative estimate of drug-likeness (QED) is 0.749. The summed E-state index contributed by atoms with van der Waals surface area (Å²) in [5, 5.41) is 21.0. The number of benzene rings is 1. The number of carbonyl (C=O) groups excluding carboxylic acids is 1. The number of hydrogen-bond acceptors (Lipinski definition) is 6. The van der Waals surface area contributed by atoms with Gasteiger partial charge in [0, 0.05) is 39.1 Å². The van der Waals surface area contributed by atoms with E-state index in [4.69, 9.17) is 4.74 Å². The topological polar surface area (TPSA) is 91.1 Å². The van der Waals surface area contributed by atoms with E-state index in [2.05, 4.69) is 20.5 Å². The highest BCUT2D eigenvalue weighted by Gasteiger charge is 2.37. The molecule has 2 aromatic rings. The maximum absolute atomic E-state index is 13.0. The molecule has 8 heteroatoms. The van der Waals surface area contributed by atoms with E-state index < -0.39 is 12.2 Å². The Balaban J connectivity index is 1.37. The fourth-order valence-electron chi connectivity index (χ4n) is 4.63. The number of hydrogen-bond donors (Lipinski definition) is 2. The van der Waals surface area contributed by atoms with Gasteiger partial charge in [0.15, 0.2) is 0 Å². The Hall–Kier alpha value is -2.00. The smallest absolute Gasteiger partial charge is 0.222 e. The van der Waals surface area contributed by atoms with E-state index in [1.54, 1.807) is 0 Å². The Labute approximate surface area is 177 Å². The molecule has 2 fully saturated rings. The zero-order valence-electron chi connectivity index (χ0n) is 17.6. The number of likely N-dealkylation sites (tertiary alicyclic amines) is 1. The first kappa shape index (κ1) is 21.2. The van der Waals surface area contributed by atoms with Gasteiger partial charge in [0.1, 0.15) is 5.82 Å². The summed E-state index contributed by atoms with van der Waals surface area (Å²) in [6.07, 6.45) is -0.0897. The lowest BCUT2D eigenvalue weighted by atomic mass is 10.0. The SMILES string of the molecule is Cc1nc2ccccc2n1CCCC(=O)N1CC[C@@H](O)[C@@H](O)[C@H](N2CCOCC2)C1. The molecule has 2 aliphatic rings. The number of para-hydroxylation sites is 2. The second-order valence-corrected chi connectivity index (χ2v) is 8.30. The van der Waals surface area contributed by atoms with Crippen LogP contribution in [0.3, 0.4) is 0 Å². The Morgan fingerprint density at radius 2 is 1.97 bits per heavy atom. The second kappa shape index (κ2) is 9.43. The van der Waals surface area contributed by atoms with Crippen molar-refractivity contribution < 1.29 is 19.7 Å². The van der Waals surface area contributed by atoms with Gasteiger partial charge in [0.25, 0.3) is 0 Å². The molecule has 8 nitrogen and oxygen atoms in total. The van der Waals surface area contributed by atoms with Gasteiger partial charge in [-0.3, -0.25) is 9.69 Å². The van der Waals surface area contributed by atoms with Crippen LogP contribution in [0.5, 0.6) is 0 Å². The van der Waals surface area contributed by atoms with E-state index in [9.17, 15) is 15.0 Å². The largest absolute Gasteiger partial charge is 0.390 e. The van der Waals surface area contributed by atoms with Crippen molar-refractivity contribution in [2.24, 2.45) is 0 Å². The maximum atomic E-state index is 13.0. The van der Waals surface area contributed by atoms with Crippen LogP contribution in [0, 0.1) is 6.92 Å². The Morgan fingerprint density at radius 3 is 2.77 bits per heavy atom. The lowest BCUT2D eigenvalue weighted by Gasteiger charge is -2.38. The van der Waals surface area contributed by atoms with Gasteiger partial charge in [-0.1, -0.05) is 12.1 Å². The predicted octanol–water partition coefficient (Wildman–Crippen LogP) is 0.780. The first-order valence-electron chi connectivity index (χ1n) is 10.9. The number of aliphatic hydroxyl groups is 2. The molecule has 3 heterocycles. The number of carbonyl (C=O) groups is 1. The molecular weight excluding hydrogens is 384 g/mol. The van der Waals surface area contributed by atoms with Gasteiger partial charge in [-0.2, -0.15) is 0 Å². The highest BCUT2D eigenvalue weighted by atomic mass is 16.5. The van der Waals surface area contributed by atoms with Crippen LogP contribution >= 0.6 is 0 Å². The number of fused-ring (bicyclic) bond motifs is 1. The number of aromatic nitrogens is 2. The molecule has 0 aliphatic carbocycles. The van der Waals surface area contributed by atoms with Gasteiger partial charge in [0.2, 0.25) is 5.91 Å². The van der Waals surface area contributed by atoms with E-state index >= 15 is 0 Å². The van der Waals surface area contributed by atoms with Crippen molar-refractivity contribution in [3.63, 3.8) is 0 Å². The lowest BCUT2D eigenvalue weighted by Crippen LogP contribution is -2.55. The molecule has 0 spiro atoms. The molecule has 0 saturated carbocycles. The molecule has 1 aromatic heterocycles. The zero-order chi connectivity index (χ0) is 21.1. The Kier molecular flexibility index (Phi) is 6.67. The van der Waals surface area contributed by atoms with Crippen molar-refractivity contribution >= 4 is 16.9 Å². The first-order valence-corrected chi connectivity index (χ1v) is 10.9. The molecule has 1 aromatic carbocycles. The molecule has 164 valence electrons. The molecule has 30 heavy (non-hydrogen) atoms. The van der Waals surface area contributed by atoms with Gasteiger partial charge in [-0.25, -0.2) is 4.98 Å². The summed E-state index contributed by atoms with van der Waals surface area (Å²) in [7, 11) is 0. The number of aliphatic hydroxyl groups excluding tert-OH is 2. The summed E-state index contributed by atoms with van der Waals surface area (Å²) >= 11 is 0. The molecular formula is C22H32N4O4. The first-order chi connectivity index (χ1) is 14.5. The fraction of sp³-hybridized carbons (Fsp3) is 0.636. The van der Waals surface area contributed by atoms with Gasteiger partial charge in [-0.15, -0.1) is 0 Å². The fourth-order valence-corrected chi connectivity index (χ4v) is 4.63. The van der Waals surface area contributed by atoms with E-state index in [1.165, 1.54) is 0 Å². The minimum atomic E-state index is -0.846. The van der Waals surface area contributed by atoms with Gasteiger partial charge in [0.05, 0.1) is 42.5 Å². The van der Waals surface area contributed by atoms with Crippen LogP contribution in [0.4, 0.5) is 0 Å². The Bertz CT molecular complexity index is 864. The third-order valence-corrected chi connectivity index (χ3v) is 6.38. The number of ether oxygens (including phenoxy) is 1. The molecule has 0 radical (unpaired) electrons. The van der Waals surface area contributed by atoms with Crippen LogP contribution in [0.15, 0.2) is 24.3 Å². The van der Waals surface area contributed by atoms with E-state index in [1.807, 2.05) is 30.0 Å². The molecule has 3 atom stereocenters. The average molecular weight is 417 g/mol. The monoisotopic (exact) mass is 416 g/mol. The van der Waals surface area contributed by atoms with E-state index in [0.29, 0.717) is 52.2 Å². The summed E-state index contributed by atoms with van der Waals surface area (Å²) in [6.45, 7) is 6.31. The standard InChI is InChI=1S/C22H32N4O4/c1-16-23-17-5-2-3-6-18(17)26(16)9-4-7-21(28)25-10-8-20(27)22(29)19(15-25)24-11-13-30-14-12-24/h2-3,5-6,19-20,22,27,29H,4,7-15H2,1H3/t19-,20-,22+/m1/s1. The molecule has 2 N–H and O–H groups in total. The minimum Gasteiger partial charge on any atom is -0.390 e. The number of morpholine rings is 1. The number of nitrogens with zero attached hydrogens (tertiary/aromatic N) is 4. The average Bonchev–Trinajstić information content (AvgIpc) is 3.00. The van der Waals surface area contributed by atoms with Crippen LogP contribution in [0.25, 0.3) is 11.0 Å². The second-order valence-electron chi connectivity index (χ2n) is 8.30. The van der Waals surface area contributed by atoms with Crippen LogP contribution < -0.4 is 0 Å². The summed E-state index contributed by atoms with van der Waals surface area (Å²) in [6, 6.07) is 7.79. The van der Waals surface area contributed by atoms with Crippen molar-refractivity contribution in [2.45, 2.75) is 51.0 Å². The summed E-state index contributed by atoms with van der Waals surface area (Å²) in [5.74, 6) is 1.04. The third-order valence-electron chi connectivity index (χ3n) is 6.38. The van der Waals surface area contributed by atoms with Crippen molar-refractivity contribution in [1.82, 2.24) is 19.4 Å². The summed E-state index contributed by atoms with van der Waals surface area (Å²) < 4.78 is 7.57.